The predicted octanol–water partition coefficient (Wildman–Crippen LogP) is 4.93. The second-order valence-corrected chi connectivity index (χ2v) is 8.52. The maximum Gasteiger partial charge on any atom is 0.220 e. The van der Waals surface area contributed by atoms with Crippen molar-refractivity contribution in [3.63, 3.8) is 0 Å². The number of carbonyl (C=O) groups is 1. The van der Waals surface area contributed by atoms with E-state index >= 15 is 0 Å². The third-order valence-electron chi connectivity index (χ3n) is 6.13. The summed E-state index contributed by atoms with van der Waals surface area (Å²) < 4.78 is 24.8. The maximum absolute atomic E-state index is 13.9. The molecule has 5 nitrogen and oxygen atoms in total. The largest absolute Gasteiger partial charge is 0.494 e. The first kappa shape index (κ1) is 23.1. The lowest BCUT2D eigenvalue weighted by atomic mass is 10.0. The Morgan fingerprint density at radius 1 is 1.06 bits per heavy atom. The molecule has 6 heteroatoms. The van der Waals surface area contributed by atoms with Gasteiger partial charge in [-0.1, -0.05) is 42.5 Å². The number of halogens is 1. The van der Waals surface area contributed by atoms with Crippen molar-refractivity contribution in [2.75, 3.05) is 26.8 Å². The zero-order chi connectivity index (χ0) is 23.0. The molecule has 0 unspecified atom stereocenters. The molecule has 0 radical (unpaired) electrons. The lowest BCUT2D eigenvalue weighted by Crippen LogP contribution is -2.44. The van der Waals surface area contributed by atoms with Gasteiger partial charge in [0.15, 0.2) is 11.6 Å². The molecule has 0 spiro atoms. The van der Waals surface area contributed by atoms with E-state index in [4.69, 9.17) is 9.47 Å². The number of carbonyl (C=O) groups excluding carboxylic acids is 1. The monoisotopic (exact) mass is 450 g/mol. The molecule has 0 saturated carbocycles. The molecule has 0 aliphatic carbocycles. The van der Waals surface area contributed by atoms with Gasteiger partial charge in [0.2, 0.25) is 5.91 Å². The van der Waals surface area contributed by atoms with E-state index < -0.39 is 0 Å². The fourth-order valence-electron chi connectivity index (χ4n) is 4.34. The smallest absolute Gasteiger partial charge is 0.220 e. The summed E-state index contributed by atoms with van der Waals surface area (Å²) >= 11 is 0. The highest BCUT2D eigenvalue weighted by atomic mass is 19.1. The quantitative estimate of drug-likeness (QED) is 0.470. The van der Waals surface area contributed by atoms with Gasteiger partial charge in [0.1, 0.15) is 5.75 Å². The van der Waals surface area contributed by atoms with Gasteiger partial charge in [0.05, 0.1) is 13.7 Å². The Kier molecular flexibility index (Phi) is 7.79. The van der Waals surface area contributed by atoms with Gasteiger partial charge < -0.3 is 14.8 Å². The van der Waals surface area contributed by atoms with Gasteiger partial charge in [-0.25, -0.2) is 4.39 Å². The Balaban J connectivity index is 1.15. The highest BCUT2D eigenvalue weighted by molar-refractivity contribution is 5.88. The van der Waals surface area contributed by atoms with Crippen LogP contribution in [0.15, 0.2) is 60.7 Å². The number of rotatable bonds is 9. The number of hydrogen-bond acceptors (Lipinski definition) is 4. The zero-order valence-corrected chi connectivity index (χ0v) is 19.1. The molecule has 174 valence electrons. The Labute approximate surface area is 194 Å². The first-order valence-electron chi connectivity index (χ1n) is 11.6. The van der Waals surface area contributed by atoms with Crippen LogP contribution in [0.1, 0.15) is 31.2 Å². The molecular formula is C27H31FN2O3. The summed E-state index contributed by atoms with van der Waals surface area (Å²) in [6.45, 7) is 2.97. The second kappa shape index (κ2) is 11.1. The van der Waals surface area contributed by atoms with Crippen molar-refractivity contribution in [3.8, 4) is 11.5 Å². The van der Waals surface area contributed by atoms with Crippen LogP contribution < -0.4 is 14.8 Å². The molecule has 1 aliphatic rings. The Morgan fingerprint density at radius 3 is 2.64 bits per heavy atom. The Bertz CT molecular complexity index is 1070. The minimum absolute atomic E-state index is 0.0761. The predicted molar refractivity (Wildman–Crippen MR) is 128 cm³/mol. The maximum atomic E-state index is 13.9. The number of methoxy groups -OCH3 is 1. The van der Waals surface area contributed by atoms with Gasteiger partial charge in [-0.15, -0.1) is 0 Å². The fourth-order valence-corrected chi connectivity index (χ4v) is 4.34. The minimum Gasteiger partial charge on any atom is -0.494 e. The molecule has 1 heterocycles. The third kappa shape index (κ3) is 6.23. The van der Waals surface area contributed by atoms with Crippen LogP contribution in [-0.4, -0.2) is 43.7 Å². The van der Waals surface area contributed by atoms with Crippen molar-refractivity contribution in [1.29, 1.82) is 0 Å². The Morgan fingerprint density at radius 2 is 1.85 bits per heavy atom. The number of amides is 1. The van der Waals surface area contributed by atoms with Gasteiger partial charge in [0.25, 0.3) is 0 Å². The van der Waals surface area contributed by atoms with Gasteiger partial charge in [0, 0.05) is 37.5 Å². The van der Waals surface area contributed by atoms with Crippen LogP contribution in [0, 0.1) is 5.82 Å². The van der Waals surface area contributed by atoms with E-state index in [-0.39, 0.29) is 23.5 Å². The van der Waals surface area contributed by atoms with E-state index in [0.717, 1.165) is 48.0 Å². The van der Waals surface area contributed by atoms with E-state index in [9.17, 15) is 9.18 Å². The lowest BCUT2D eigenvalue weighted by Gasteiger charge is -2.32. The van der Waals surface area contributed by atoms with E-state index in [0.29, 0.717) is 26.0 Å². The first-order chi connectivity index (χ1) is 16.1. The summed E-state index contributed by atoms with van der Waals surface area (Å²) in [5, 5.41) is 5.40. The first-order valence-corrected chi connectivity index (χ1v) is 11.6. The summed E-state index contributed by atoms with van der Waals surface area (Å²) in [7, 11) is 1.47. The summed E-state index contributed by atoms with van der Waals surface area (Å²) in [5.41, 5.74) is 0.932. The number of fused-ring (bicyclic) bond motifs is 1. The average molecular weight is 451 g/mol. The molecule has 4 rings (SSSR count). The van der Waals surface area contributed by atoms with Crippen LogP contribution in [0.3, 0.4) is 0 Å². The van der Waals surface area contributed by atoms with Crippen LogP contribution in [-0.2, 0) is 11.3 Å². The summed E-state index contributed by atoms with van der Waals surface area (Å²) in [5.74, 6) is 0.870. The molecule has 3 aromatic carbocycles. The molecule has 0 atom stereocenters. The van der Waals surface area contributed by atoms with E-state index in [2.05, 4.69) is 28.4 Å². The second-order valence-electron chi connectivity index (χ2n) is 8.52. The van der Waals surface area contributed by atoms with Crippen LogP contribution in [0.25, 0.3) is 10.8 Å². The average Bonchev–Trinajstić information content (AvgIpc) is 2.83. The molecule has 0 bridgehead atoms. The van der Waals surface area contributed by atoms with E-state index in [1.54, 1.807) is 6.07 Å². The number of benzene rings is 3. The van der Waals surface area contributed by atoms with Crippen molar-refractivity contribution < 1.29 is 18.7 Å². The van der Waals surface area contributed by atoms with Crippen molar-refractivity contribution >= 4 is 16.7 Å². The normalized spacial score (nSPS) is 14.8. The molecular weight excluding hydrogens is 419 g/mol. The molecule has 3 aromatic rings. The number of hydrogen-bond donors (Lipinski definition) is 1. The van der Waals surface area contributed by atoms with Crippen LogP contribution in [0.5, 0.6) is 11.5 Å². The van der Waals surface area contributed by atoms with Crippen LogP contribution in [0.4, 0.5) is 4.39 Å². The van der Waals surface area contributed by atoms with Gasteiger partial charge in [-0.2, -0.15) is 0 Å². The van der Waals surface area contributed by atoms with Crippen LogP contribution in [0.2, 0.25) is 0 Å². The van der Waals surface area contributed by atoms with Gasteiger partial charge >= 0.3 is 0 Å². The zero-order valence-electron chi connectivity index (χ0n) is 19.1. The lowest BCUT2D eigenvalue weighted by molar-refractivity contribution is -0.122. The minimum atomic E-state index is -0.332. The SMILES string of the molecule is COc1ccc(CN2CCC(NC(=O)CCCOc3cccc4ccccc34)CC2)cc1F. The van der Waals surface area contributed by atoms with E-state index in [1.807, 2.05) is 30.3 Å². The van der Waals surface area contributed by atoms with Gasteiger partial charge in [-0.3, -0.25) is 9.69 Å². The molecule has 1 saturated heterocycles. The molecule has 1 amide bonds. The third-order valence-corrected chi connectivity index (χ3v) is 6.13. The number of nitrogens with one attached hydrogen (secondary N) is 1. The number of nitrogens with zero attached hydrogens (tertiary/aromatic N) is 1. The summed E-state index contributed by atoms with van der Waals surface area (Å²) in [6, 6.07) is 19.5. The molecule has 1 aliphatic heterocycles. The Hall–Kier alpha value is -3.12. The van der Waals surface area contributed by atoms with Crippen molar-refractivity contribution in [3.05, 3.63) is 72.0 Å². The molecule has 0 aromatic heterocycles. The molecule has 1 fully saturated rings. The van der Waals surface area contributed by atoms with E-state index in [1.165, 1.54) is 13.2 Å². The van der Waals surface area contributed by atoms with Gasteiger partial charge in [-0.05, 0) is 48.4 Å². The highest BCUT2D eigenvalue weighted by Crippen LogP contribution is 2.25. The van der Waals surface area contributed by atoms with Crippen molar-refractivity contribution in [2.45, 2.75) is 38.3 Å². The van der Waals surface area contributed by atoms with Crippen molar-refractivity contribution in [1.82, 2.24) is 10.2 Å². The van der Waals surface area contributed by atoms with Crippen molar-refractivity contribution in [2.24, 2.45) is 0 Å². The highest BCUT2D eigenvalue weighted by Gasteiger charge is 2.21. The topological polar surface area (TPSA) is 50.8 Å². The fraction of sp³-hybridized carbons (Fsp3) is 0.370. The number of ether oxygens (including phenoxy) is 2. The summed E-state index contributed by atoms with van der Waals surface area (Å²) in [6.07, 6.45) is 2.93. The number of piperidine rings is 1. The van der Waals surface area contributed by atoms with Crippen LogP contribution >= 0.6 is 0 Å². The standard InChI is InChI=1S/C27H31FN2O3/c1-32-26-12-11-20(18-24(26)28)19-30-15-13-22(14-16-30)29-27(31)10-5-17-33-25-9-4-7-21-6-2-3-8-23(21)25/h2-4,6-9,11-12,18,22H,5,10,13-17,19H2,1H3,(H,29,31). The summed E-state index contributed by atoms with van der Waals surface area (Å²) in [4.78, 5) is 14.7. The number of likely N-dealkylation sites (tertiary alicyclic amines) is 1. The molecule has 33 heavy (non-hydrogen) atoms. The molecule has 1 N–H and O–H groups in total.